The van der Waals surface area contributed by atoms with Gasteiger partial charge < -0.3 is 4.90 Å². The number of anilines is 3. The first-order valence-electron chi connectivity index (χ1n) is 16.5. The zero-order chi connectivity index (χ0) is 32.0. The van der Waals surface area contributed by atoms with Crippen molar-refractivity contribution in [3.63, 3.8) is 0 Å². The predicted octanol–water partition coefficient (Wildman–Crippen LogP) is 13.9. The zero-order valence-corrected chi connectivity index (χ0v) is 28.3. The Morgan fingerprint density at radius 1 is 0.417 bits per heavy atom. The number of hydrogen-bond acceptors (Lipinski definition) is 3. The van der Waals surface area contributed by atoms with Gasteiger partial charge in [0.05, 0.1) is 5.69 Å². The Labute approximate surface area is 288 Å². The number of rotatable bonds is 4. The van der Waals surface area contributed by atoms with Crippen LogP contribution in [0.3, 0.4) is 0 Å². The van der Waals surface area contributed by atoms with Crippen molar-refractivity contribution in [3.8, 4) is 22.3 Å². The van der Waals surface area contributed by atoms with E-state index in [1.807, 2.05) is 22.7 Å². The lowest BCUT2D eigenvalue weighted by molar-refractivity contribution is 0.660. The highest BCUT2D eigenvalue weighted by molar-refractivity contribution is 7.26. The van der Waals surface area contributed by atoms with Gasteiger partial charge in [0, 0.05) is 62.7 Å². The van der Waals surface area contributed by atoms with Gasteiger partial charge in [-0.3, -0.25) is 0 Å². The smallest absolute Gasteiger partial charge is 0.0543 e. The van der Waals surface area contributed by atoms with E-state index in [4.69, 9.17) is 0 Å². The minimum absolute atomic E-state index is 0.121. The van der Waals surface area contributed by atoms with E-state index >= 15 is 0 Å². The van der Waals surface area contributed by atoms with Gasteiger partial charge in [-0.15, -0.1) is 22.7 Å². The topological polar surface area (TPSA) is 3.24 Å². The van der Waals surface area contributed by atoms with Crippen molar-refractivity contribution >= 4 is 80.1 Å². The maximum Gasteiger partial charge on any atom is 0.0543 e. The molecule has 2 aromatic heterocycles. The summed E-state index contributed by atoms with van der Waals surface area (Å²) < 4.78 is 5.28. The summed E-state index contributed by atoms with van der Waals surface area (Å²) in [5.74, 6) is 0. The molecule has 0 bridgehead atoms. The van der Waals surface area contributed by atoms with Gasteiger partial charge >= 0.3 is 0 Å². The van der Waals surface area contributed by atoms with Crippen LogP contribution in [0, 0.1) is 0 Å². The van der Waals surface area contributed by atoms with E-state index in [2.05, 4.69) is 170 Å². The maximum atomic E-state index is 2.49. The average Bonchev–Trinajstić information content (AvgIpc) is 3.76. The summed E-state index contributed by atoms with van der Waals surface area (Å²) >= 11 is 3.75. The molecule has 2 heterocycles. The quantitative estimate of drug-likeness (QED) is 0.183. The van der Waals surface area contributed by atoms with Gasteiger partial charge in [0.15, 0.2) is 0 Å². The van der Waals surface area contributed by atoms with E-state index in [-0.39, 0.29) is 5.41 Å². The number of nitrogens with zero attached hydrogens (tertiary/aromatic N) is 1. The molecule has 0 radical (unpaired) electrons. The molecule has 0 saturated heterocycles. The normalized spacial score (nSPS) is 13.4. The van der Waals surface area contributed by atoms with Crippen molar-refractivity contribution in [2.24, 2.45) is 0 Å². The van der Waals surface area contributed by atoms with Crippen molar-refractivity contribution in [2.75, 3.05) is 4.90 Å². The summed E-state index contributed by atoms with van der Waals surface area (Å²) in [6.07, 6.45) is 0. The summed E-state index contributed by atoms with van der Waals surface area (Å²) in [6.45, 7) is 4.75. The maximum absolute atomic E-state index is 2.49. The molecule has 228 valence electrons. The molecule has 9 aromatic rings. The van der Waals surface area contributed by atoms with Crippen molar-refractivity contribution in [2.45, 2.75) is 19.3 Å². The molecule has 0 unspecified atom stereocenters. The molecular formula is C45H31NS2. The summed E-state index contributed by atoms with van der Waals surface area (Å²) in [7, 11) is 0. The zero-order valence-electron chi connectivity index (χ0n) is 26.7. The fourth-order valence-corrected chi connectivity index (χ4v) is 10.1. The second-order valence-corrected chi connectivity index (χ2v) is 15.5. The highest BCUT2D eigenvalue weighted by Crippen LogP contribution is 2.54. The molecule has 0 amide bonds. The fourth-order valence-electron chi connectivity index (χ4n) is 7.90. The summed E-state index contributed by atoms with van der Waals surface area (Å²) in [4.78, 5) is 2.48. The standard InChI is InChI=1S/C45H31NS2/c1-45(2)38-17-9-6-14-31(38)36-26-35(28-20-23-43-37(24-28)33-16-8-11-19-42(33)47-43)40(27-39(36)45)46(29-12-4-3-5-13-29)30-21-22-34-32-15-7-10-18-41(32)48-44(34)25-30/h3-27H,1-2H3. The lowest BCUT2D eigenvalue weighted by Crippen LogP contribution is -2.17. The Morgan fingerprint density at radius 2 is 1.06 bits per heavy atom. The number of hydrogen-bond donors (Lipinski definition) is 0. The van der Waals surface area contributed by atoms with Crippen LogP contribution in [0.25, 0.3) is 62.6 Å². The Hall–Kier alpha value is -5.22. The van der Waals surface area contributed by atoms with E-state index in [1.54, 1.807) is 0 Å². The molecule has 0 aliphatic heterocycles. The summed E-state index contributed by atoms with van der Waals surface area (Å²) in [5.41, 5.74) is 11.3. The molecule has 0 fully saturated rings. The highest BCUT2D eigenvalue weighted by atomic mass is 32.1. The first kappa shape index (κ1) is 27.9. The molecule has 7 aromatic carbocycles. The van der Waals surface area contributed by atoms with Crippen LogP contribution < -0.4 is 4.90 Å². The van der Waals surface area contributed by atoms with E-state index in [0.717, 1.165) is 11.4 Å². The van der Waals surface area contributed by atoms with Gasteiger partial charge in [-0.05, 0) is 88.5 Å². The van der Waals surface area contributed by atoms with E-state index < -0.39 is 0 Å². The van der Waals surface area contributed by atoms with Gasteiger partial charge in [-0.25, -0.2) is 0 Å². The van der Waals surface area contributed by atoms with Crippen LogP contribution in [0.5, 0.6) is 0 Å². The molecule has 1 aliphatic carbocycles. The molecule has 48 heavy (non-hydrogen) atoms. The molecule has 0 spiro atoms. The van der Waals surface area contributed by atoms with Gasteiger partial charge in [0.2, 0.25) is 0 Å². The number of thiophene rings is 2. The summed E-state index contributed by atoms with van der Waals surface area (Å²) in [6, 6.07) is 56.4. The predicted molar refractivity (Wildman–Crippen MR) is 210 cm³/mol. The van der Waals surface area contributed by atoms with Crippen LogP contribution in [0.15, 0.2) is 152 Å². The van der Waals surface area contributed by atoms with Crippen LogP contribution in [0.2, 0.25) is 0 Å². The number of fused-ring (bicyclic) bond motifs is 9. The Bertz CT molecular complexity index is 2710. The van der Waals surface area contributed by atoms with Crippen LogP contribution in [-0.2, 0) is 5.41 Å². The van der Waals surface area contributed by atoms with Crippen LogP contribution in [0.1, 0.15) is 25.0 Å². The molecule has 1 aliphatic rings. The molecule has 10 rings (SSSR count). The first-order chi connectivity index (χ1) is 23.5. The minimum atomic E-state index is -0.121. The minimum Gasteiger partial charge on any atom is -0.310 e. The lowest BCUT2D eigenvalue weighted by Gasteiger charge is -2.30. The molecular weight excluding hydrogens is 619 g/mol. The summed E-state index contributed by atoms with van der Waals surface area (Å²) in [5, 5.41) is 5.28. The molecule has 1 nitrogen and oxygen atoms in total. The van der Waals surface area contributed by atoms with Gasteiger partial charge in [-0.2, -0.15) is 0 Å². The van der Waals surface area contributed by atoms with E-state index in [9.17, 15) is 0 Å². The van der Waals surface area contributed by atoms with E-state index in [1.165, 1.54) is 79.4 Å². The first-order valence-corrected chi connectivity index (χ1v) is 18.1. The molecule has 0 N–H and O–H groups in total. The number of benzene rings is 7. The Morgan fingerprint density at radius 3 is 1.88 bits per heavy atom. The lowest BCUT2D eigenvalue weighted by atomic mass is 9.81. The molecule has 0 saturated carbocycles. The third-order valence-electron chi connectivity index (χ3n) is 10.3. The van der Waals surface area contributed by atoms with Crippen LogP contribution >= 0.6 is 22.7 Å². The SMILES string of the molecule is CC1(C)c2ccccc2-c2cc(-c3ccc4sc5ccccc5c4c3)c(N(c3ccccc3)c3ccc4c(c3)sc3ccccc34)cc21. The monoisotopic (exact) mass is 649 g/mol. The van der Waals surface area contributed by atoms with Crippen molar-refractivity contribution in [1.82, 2.24) is 0 Å². The second-order valence-electron chi connectivity index (χ2n) is 13.3. The number of para-hydroxylation sites is 1. The highest BCUT2D eigenvalue weighted by Gasteiger charge is 2.37. The Balaban J connectivity index is 1.28. The van der Waals surface area contributed by atoms with Crippen molar-refractivity contribution < 1.29 is 0 Å². The third-order valence-corrected chi connectivity index (χ3v) is 12.5. The molecule has 3 heteroatoms. The third kappa shape index (κ3) is 4.08. The fraction of sp³-hybridized carbons (Fsp3) is 0.0667. The van der Waals surface area contributed by atoms with Gasteiger partial charge in [0.25, 0.3) is 0 Å². The van der Waals surface area contributed by atoms with Crippen molar-refractivity contribution in [1.29, 1.82) is 0 Å². The van der Waals surface area contributed by atoms with Crippen LogP contribution in [-0.4, -0.2) is 0 Å². The van der Waals surface area contributed by atoms with Gasteiger partial charge in [0.1, 0.15) is 0 Å². The largest absolute Gasteiger partial charge is 0.310 e. The van der Waals surface area contributed by atoms with Gasteiger partial charge in [-0.1, -0.05) is 105 Å². The van der Waals surface area contributed by atoms with Crippen molar-refractivity contribution in [3.05, 3.63) is 163 Å². The average molecular weight is 650 g/mol. The van der Waals surface area contributed by atoms with E-state index in [0.29, 0.717) is 0 Å². The molecule has 0 atom stereocenters. The van der Waals surface area contributed by atoms with Crippen LogP contribution in [0.4, 0.5) is 17.1 Å². The Kier molecular flexibility index (Phi) is 6.03. The second kappa shape index (κ2) is 10.4.